The van der Waals surface area contributed by atoms with Crippen molar-refractivity contribution in [1.29, 1.82) is 0 Å². The molecule has 1 aliphatic carbocycles. The number of rotatable bonds is 4. The Bertz CT molecular complexity index is 385. The summed E-state index contributed by atoms with van der Waals surface area (Å²) in [6.07, 6.45) is 4.17. The minimum Gasteiger partial charge on any atom is -0.477 e. The van der Waals surface area contributed by atoms with Gasteiger partial charge in [-0.25, -0.2) is 9.78 Å². The van der Waals surface area contributed by atoms with Crippen LogP contribution in [0.4, 0.5) is 5.69 Å². The van der Waals surface area contributed by atoms with E-state index in [0.717, 1.165) is 24.9 Å². The summed E-state index contributed by atoms with van der Waals surface area (Å²) in [6, 6.07) is 3.09. The van der Waals surface area contributed by atoms with Crippen molar-refractivity contribution in [2.75, 3.05) is 11.9 Å². The summed E-state index contributed by atoms with van der Waals surface area (Å²) < 4.78 is 0. The van der Waals surface area contributed by atoms with Gasteiger partial charge in [-0.2, -0.15) is 0 Å². The number of nitrogens with one attached hydrogen (secondary N) is 1. The van der Waals surface area contributed by atoms with E-state index in [9.17, 15) is 9.90 Å². The number of aliphatic hydroxyl groups is 1. The van der Waals surface area contributed by atoms with E-state index in [4.69, 9.17) is 5.11 Å². The largest absolute Gasteiger partial charge is 0.477 e. The highest BCUT2D eigenvalue weighted by molar-refractivity contribution is 5.85. The summed E-state index contributed by atoms with van der Waals surface area (Å²) in [6.45, 7) is 0.487. The Balaban J connectivity index is 1.92. The van der Waals surface area contributed by atoms with Crippen molar-refractivity contribution < 1.29 is 15.0 Å². The number of hydrogen-bond donors (Lipinski definition) is 3. The van der Waals surface area contributed by atoms with Gasteiger partial charge in [-0.3, -0.25) is 0 Å². The van der Waals surface area contributed by atoms with Gasteiger partial charge in [0.25, 0.3) is 0 Å². The summed E-state index contributed by atoms with van der Waals surface area (Å²) >= 11 is 0. The second-order valence-electron chi connectivity index (χ2n) is 4.17. The van der Waals surface area contributed by atoms with E-state index in [-0.39, 0.29) is 5.69 Å². The van der Waals surface area contributed by atoms with E-state index in [1.54, 1.807) is 6.07 Å². The standard InChI is InChI=1S/C11H14N2O3/c14-10(15)9-3-2-8(6-12-9)13-7-11(16)4-1-5-11/h2-3,6,13,16H,1,4-5,7H2,(H,14,15). The molecule has 1 saturated carbocycles. The van der Waals surface area contributed by atoms with Crippen molar-refractivity contribution in [2.24, 2.45) is 0 Å². The highest BCUT2D eigenvalue weighted by Gasteiger charge is 2.33. The molecule has 86 valence electrons. The second-order valence-corrected chi connectivity index (χ2v) is 4.17. The maximum absolute atomic E-state index is 10.6. The molecule has 0 bridgehead atoms. The lowest BCUT2D eigenvalue weighted by Crippen LogP contribution is -2.43. The monoisotopic (exact) mass is 222 g/mol. The van der Waals surface area contributed by atoms with Crippen molar-refractivity contribution in [2.45, 2.75) is 24.9 Å². The molecule has 3 N–H and O–H groups in total. The molecule has 1 aromatic rings. The van der Waals surface area contributed by atoms with Crippen molar-refractivity contribution in [3.8, 4) is 0 Å². The lowest BCUT2D eigenvalue weighted by Gasteiger charge is -2.36. The Morgan fingerprint density at radius 1 is 1.50 bits per heavy atom. The molecule has 0 radical (unpaired) electrons. The van der Waals surface area contributed by atoms with Gasteiger partial charge in [0.1, 0.15) is 5.69 Å². The van der Waals surface area contributed by atoms with Crippen LogP contribution in [-0.2, 0) is 0 Å². The van der Waals surface area contributed by atoms with E-state index < -0.39 is 11.6 Å². The maximum atomic E-state index is 10.6. The maximum Gasteiger partial charge on any atom is 0.354 e. The molecule has 2 rings (SSSR count). The molecular weight excluding hydrogens is 208 g/mol. The molecule has 16 heavy (non-hydrogen) atoms. The fraction of sp³-hybridized carbons (Fsp3) is 0.455. The number of aromatic nitrogens is 1. The SMILES string of the molecule is O=C(O)c1ccc(NCC2(O)CCC2)cn1. The summed E-state index contributed by atoms with van der Waals surface area (Å²) in [5.74, 6) is -1.04. The van der Waals surface area contributed by atoms with Crippen molar-refractivity contribution in [3.05, 3.63) is 24.0 Å². The average molecular weight is 222 g/mol. The number of nitrogens with zero attached hydrogens (tertiary/aromatic N) is 1. The number of hydrogen-bond acceptors (Lipinski definition) is 4. The molecular formula is C11H14N2O3. The van der Waals surface area contributed by atoms with Crippen LogP contribution in [0.15, 0.2) is 18.3 Å². The molecule has 0 atom stereocenters. The first-order valence-electron chi connectivity index (χ1n) is 5.25. The van der Waals surface area contributed by atoms with Gasteiger partial charge in [0.15, 0.2) is 0 Å². The highest BCUT2D eigenvalue weighted by atomic mass is 16.4. The van der Waals surface area contributed by atoms with E-state index in [2.05, 4.69) is 10.3 Å². The topological polar surface area (TPSA) is 82.5 Å². The van der Waals surface area contributed by atoms with Crippen molar-refractivity contribution in [1.82, 2.24) is 4.98 Å². The lowest BCUT2D eigenvalue weighted by molar-refractivity contribution is -0.0202. The van der Waals surface area contributed by atoms with Crippen LogP contribution in [0.2, 0.25) is 0 Å². The van der Waals surface area contributed by atoms with Crippen LogP contribution >= 0.6 is 0 Å². The molecule has 5 heteroatoms. The van der Waals surface area contributed by atoms with E-state index in [1.165, 1.54) is 12.3 Å². The minimum absolute atomic E-state index is 0.0212. The summed E-state index contributed by atoms with van der Waals surface area (Å²) in [4.78, 5) is 14.3. The molecule has 1 fully saturated rings. The number of pyridine rings is 1. The average Bonchev–Trinajstić information content (AvgIpc) is 2.24. The number of carboxylic acids is 1. The van der Waals surface area contributed by atoms with Gasteiger partial charge in [0, 0.05) is 6.54 Å². The van der Waals surface area contributed by atoms with Gasteiger partial charge in [-0.15, -0.1) is 0 Å². The van der Waals surface area contributed by atoms with Crippen LogP contribution < -0.4 is 5.32 Å². The number of carbonyl (C=O) groups is 1. The molecule has 5 nitrogen and oxygen atoms in total. The fourth-order valence-electron chi connectivity index (χ4n) is 1.65. The molecule has 1 aliphatic rings. The molecule has 1 aromatic heterocycles. The molecule has 0 aliphatic heterocycles. The first kappa shape index (κ1) is 10.9. The fourth-order valence-corrected chi connectivity index (χ4v) is 1.65. The van der Waals surface area contributed by atoms with Gasteiger partial charge in [-0.1, -0.05) is 0 Å². The summed E-state index contributed by atoms with van der Waals surface area (Å²) in [5.41, 5.74) is 0.157. The first-order chi connectivity index (χ1) is 7.59. The van der Waals surface area contributed by atoms with Crippen LogP contribution in [0, 0.1) is 0 Å². The minimum atomic E-state index is -1.04. The predicted molar refractivity (Wildman–Crippen MR) is 58.5 cm³/mol. The highest BCUT2D eigenvalue weighted by Crippen LogP contribution is 2.31. The normalized spacial score (nSPS) is 17.6. The molecule has 0 aromatic carbocycles. The zero-order valence-electron chi connectivity index (χ0n) is 8.81. The molecule has 0 spiro atoms. The number of anilines is 1. The Labute approximate surface area is 93.1 Å². The van der Waals surface area contributed by atoms with Gasteiger partial charge in [0.05, 0.1) is 17.5 Å². The van der Waals surface area contributed by atoms with Crippen LogP contribution in [-0.4, -0.2) is 33.3 Å². The number of carboxylic acid groups (broad SMARTS) is 1. The van der Waals surface area contributed by atoms with Gasteiger partial charge in [0.2, 0.25) is 0 Å². The Hall–Kier alpha value is -1.62. The number of aromatic carboxylic acids is 1. The van der Waals surface area contributed by atoms with Gasteiger partial charge >= 0.3 is 5.97 Å². The van der Waals surface area contributed by atoms with Crippen molar-refractivity contribution in [3.63, 3.8) is 0 Å². The molecule has 1 heterocycles. The molecule has 0 amide bonds. The van der Waals surface area contributed by atoms with Crippen LogP contribution in [0.1, 0.15) is 29.8 Å². The Morgan fingerprint density at radius 2 is 2.25 bits per heavy atom. The molecule has 0 unspecified atom stereocenters. The lowest BCUT2D eigenvalue weighted by atomic mass is 9.80. The quantitative estimate of drug-likeness (QED) is 0.710. The van der Waals surface area contributed by atoms with Crippen LogP contribution in [0.25, 0.3) is 0 Å². The summed E-state index contributed by atoms with van der Waals surface area (Å²) in [5, 5.41) is 21.5. The van der Waals surface area contributed by atoms with Crippen molar-refractivity contribution >= 4 is 11.7 Å². The van der Waals surface area contributed by atoms with Gasteiger partial charge in [-0.05, 0) is 31.4 Å². The summed E-state index contributed by atoms with van der Waals surface area (Å²) in [7, 11) is 0. The third kappa shape index (κ3) is 2.30. The Morgan fingerprint density at radius 3 is 2.69 bits per heavy atom. The van der Waals surface area contributed by atoms with Crippen LogP contribution in [0.3, 0.4) is 0 Å². The van der Waals surface area contributed by atoms with Gasteiger partial charge < -0.3 is 15.5 Å². The third-order valence-electron chi connectivity index (χ3n) is 2.89. The second kappa shape index (κ2) is 4.09. The zero-order chi connectivity index (χ0) is 11.6. The Kier molecular flexibility index (Phi) is 2.78. The molecule has 0 saturated heterocycles. The predicted octanol–water partition coefficient (Wildman–Crippen LogP) is 1.11. The van der Waals surface area contributed by atoms with E-state index >= 15 is 0 Å². The van der Waals surface area contributed by atoms with E-state index in [0.29, 0.717) is 6.54 Å². The van der Waals surface area contributed by atoms with E-state index in [1.807, 2.05) is 0 Å². The zero-order valence-corrected chi connectivity index (χ0v) is 8.81. The third-order valence-corrected chi connectivity index (χ3v) is 2.89. The smallest absolute Gasteiger partial charge is 0.354 e. The van der Waals surface area contributed by atoms with Crippen LogP contribution in [0.5, 0.6) is 0 Å². The first-order valence-corrected chi connectivity index (χ1v) is 5.25.